The van der Waals surface area contributed by atoms with Crippen LogP contribution in [-0.4, -0.2) is 43.5 Å². The van der Waals surface area contributed by atoms with Crippen molar-refractivity contribution < 1.29 is 9.90 Å². The normalized spacial score (nSPS) is 16.5. The Morgan fingerprint density at radius 2 is 2.00 bits per heavy atom. The Hall–Kier alpha value is -3.42. The molecular weight excluding hydrogens is 372 g/mol. The Morgan fingerprint density at radius 3 is 2.72 bits per heavy atom. The molecule has 8 nitrogen and oxygen atoms in total. The summed E-state index contributed by atoms with van der Waals surface area (Å²) in [4.78, 5) is 45.9. The molecule has 0 saturated carbocycles. The lowest BCUT2D eigenvalue weighted by atomic mass is 9.99. The molecule has 8 heteroatoms. The number of nitrogens with one attached hydrogen (secondary N) is 1. The number of aromatic amines is 1. The van der Waals surface area contributed by atoms with Crippen LogP contribution in [0, 0.1) is 12.8 Å². The summed E-state index contributed by atoms with van der Waals surface area (Å²) in [6, 6.07) is 8.71. The lowest BCUT2D eigenvalue weighted by Crippen LogP contribution is -2.33. The lowest BCUT2D eigenvalue weighted by Gasteiger charge is -2.18. The maximum atomic E-state index is 13.2. The number of hydrogen-bond donors (Lipinski definition) is 2. The van der Waals surface area contributed by atoms with Gasteiger partial charge in [-0.1, -0.05) is 12.1 Å². The van der Waals surface area contributed by atoms with Crippen LogP contribution >= 0.6 is 0 Å². The van der Waals surface area contributed by atoms with Gasteiger partial charge in [0.25, 0.3) is 11.5 Å². The van der Waals surface area contributed by atoms with Gasteiger partial charge < -0.3 is 10.0 Å². The van der Waals surface area contributed by atoms with Crippen LogP contribution in [0.25, 0.3) is 11.0 Å². The number of carbonyl (C=O) groups is 1. The Kier molecular flexibility index (Phi) is 4.70. The summed E-state index contributed by atoms with van der Waals surface area (Å²) in [5, 5.41) is 9.56. The van der Waals surface area contributed by atoms with E-state index in [1.165, 1.54) is 11.6 Å². The minimum Gasteiger partial charge on any atom is -0.508 e. The third kappa shape index (κ3) is 3.53. The van der Waals surface area contributed by atoms with Gasteiger partial charge in [-0.25, -0.2) is 9.78 Å². The highest BCUT2D eigenvalue weighted by Crippen LogP contribution is 2.25. The number of aryl methyl sites for hydroxylation is 2. The molecule has 0 bridgehead atoms. The summed E-state index contributed by atoms with van der Waals surface area (Å²) < 4.78 is 1.25. The van der Waals surface area contributed by atoms with E-state index in [-0.39, 0.29) is 28.3 Å². The van der Waals surface area contributed by atoms with Crippen molar-refractivity contribution in [1.82, 2.24) is 19.4 Å². The summed E-state index contributed by atoms with van der Waals surface area (Å²) in [6.07, 6.45) is 1.68. The fraction of sp³-hybridized carbons (Fsp3) is 0.333. The number of pyridine rings is 1. The first-order chi connectivity index (χ1) is 13.8. The highest BCUT2D eigenvalue weighted by atomic mass is 16.3. The van der Waals surface area contributed by atoms with Crippen LogP contribution in [0.2, 0.25) is 0 Å². The van der Waals surface area contributed by atoms with Crippen LogP contribution in [0.1, 0.15) is 28.0 Å². The lowest BCUT2D eigenvalue weighted by molar-refractivity contribution is 0.0788. The van der Waals surface area contributed by atoms with Crippen molar-refractivity contribution in [2.45, 2.75) is 19.8 Å². The van der Waals surface area contributed by atoms with E-state index < -0.39 is 11.2 Å². The molecule has 150 valence electrons. The first-order valence-corrected chi connectivity index (χ1v) is 9.51. The van der Waals surface area contributed by atoms with Crippen molar-refractivity contribution in [1.29, 1.82) is 0 Å². The fourth-order valence-electron chi connectivity index (χ4n) is 3.95. The Balaban J connectivity index is 1.63. The second-order valence-corrected chi connectivity index (χ2v) is 7.60. The van der Waals surface area contributed by atoms with Gasteiger partial charge >= 0.3 is 5.69 Å². The smallest absolute Gasteiger partial charge is 0.329 e. The molecule has 1 unspecified atom stereocenters. The predicted molar refractivity (Wildman–Crippen MR) is 108 cm³/mol. The second kappa shape index (κ2) is 7.20. The summed E-state index contributed by atoms with van der Waals surface area (Å²) >= 11 is 0. The summed E-state index contributed by atoms with van der Waals surface area (Å²) in [5.41, 5.74) is 1.00. The fourth-order valence-corrected chi connectivity index (χ4v) is 3.95. The van der Waals surface area contributed by atoms with Crippen molar-refractivity contribution in [3.63, 3.8) is 0 Å². The van der Waals surface area contributed by atoms with E-state index in [0.29, 0.717) is 24.7 Å². The molecule has 0 spiro atoms. The van der Waals surface area contributed by atoms with E-state index in [4.69, 9.17) is 0 Å². The number of hydrogen-bond acceptors (Lipinski definition) is 5. The number of nitrogens with zero attached hydrogens (tertiary/aromatic N) is 3. The number of benzene rings is 1. The van der Waals surface area contributed by atoms with E-state index in [2.05, 4.69) is 9.97 Å². The number of phenolic OH excluding ortho intramolecular Hbond substituents is 1. The van der Waals surface area contributed by atoms with Crippen LogP contribution in [0.15, 0.2) is 39.9 Å². The van der Waals surface area contributed by atoms with E-state index in [9.17, 15) is 19.5 Å². The topological polar surface area (TPSA) is 108 Å². The molecule has 1 atom stereocenters. The highest BCUT2D eigenvalue weighted by Gasteiger charge is 2.29. The number of fused-ring (bicyclic) bond motifs is 1. The van der Waals surface area contributed by atoms with Crippen molar-refractivity contribution in [2.24, 2.45) is 13.0 Å². The van der Waals surface area contributed by atoms with Crippen molar-refractivity contribution in [3.05, 3.63) is 68.0 Å². The van der Waals surface area contributed by atoms with Crippen LogP contribution in [0.5, 0.6) is 5.75 Å². The maximum Gasteiger partial charge on any atom is 0.329 e. The van der Waals surface area contributed by atoms with Gasteiger partial charge in [-0.05, 0) is 49.4 Å². The monoisotopic (exact) mass is 394 g/mol. The molecule has 3 heterocycles. The molecular formula is C21H22N4O4. The zero-order valence-electron chi connectivity index (χ0n) is 16.3. The molecule has 0 radical (unpaired) electrons. The van der Waals surface area contributed by atoms with E-state index in [1.807, 2.05) is 12.1 Å². The van der Waals surface area contributed by atoms with Crippen LogP contribution in [-0.2, 0) is 13.5 Å². The minimum atomic E-state index is -0.598. The Bertz CT molecular complexity index is 1210. The van der Waals surface area contributed by atoms with Gasteiger partial charge in [0.05, 0.1) is 10.9 Å². The number of amides is 1. The number of likely N-dealkylation sites (tertiary alicyclic amines) is 1. The average Bonchev–Trinajstić information content (AvgIpc) is 3.15. The van der Waals surface area contributed by atoms with Gasteiger partial charge in [0.1, 0.15) is 11.4 Å². The quantitative estimate of drug-likeness (QED) is 0.697. The first-order valence-electron chi connectivity index (χ1n) is 9.51. The summed E-state index contributed by atoms with van der Waals surface area (Å²) in [7, 11) is 1.52. The van der Waals surface area contributed by atoms with Crippen molar-refractivity contribution in [3.8, 4) is 5.75 Å². The molecule has 1 aromatic carbocycles. The van der Waals surface area contributed by atoms with E-state index in [1.54, 1.807) is 30.0 Å². The average molecular weight is 394 g/mol. The zero-order chi connectivity index (χ0) is 20.7. The molecule has 1 saturated heterocycles. The molecule has 1 aliphatic heterocycles. The molecule has 0 aliphatic carbocycles. The number of rotatable bonds is 3. The number of aromatic hydroxyl groups is 1. The SMILES string of the molecule is Cc1cc(C(=O)N2CCC(Cc3ccc(O)cc3)C2)c2c(=O)[nH]c(=O)n(C)c2n1. The molecule has 1 amide bonds. The number of H-pyrrole nitrogens is 1. The van der Waals surface area contributed by atoms with E-state index >= 15 is 0 Å². The minimum absolute atomic E-state index is 0.143. The standard InChI is InChI=1S/C21H22N4O4/c1-12-9-16(17-18(22-12)24(2)21(29)23-19(17)27)20(28)25-8-7-14(11-25)10-13-3-5-15(26)6-4-13/h3-6,9,14,26H,7-8,10-11H2,1-2H3,(H,23,27,29). The molecule has 29 heavy (non-hydrogen) atoms. The molecule has 2 N–H and O–H groups in total. The van der Waals surface area contributed by atoms with Gasteiger partial charge in [-0.3, -0.25) is 19.1 Å². The predicted octanol–water partition coefficient (Wildman–Crippen LogP) is 1.34. The first kappa shape index (κ1) is 18.9. The van der Waals surface area contributed by atoms with Crippen molar-refractivity contribution in [2.75, 3.05) is 13.1 Å². The van der Waals surface area contributed by atoms with Crippen LogP contribution < -0.4 is 11.2 Å². The Morgan fingerprint density at radius 1 is 1.28 bits per heavy atom. The third-order valence-electron chi connectivity index (χ3n) is 5.46. The maximum absolute atomic E-state index is 13.2. The number of phenols is 1. The van der Waals surface area contributed by atoms with Gasteiger partial charge in [0.15, 0.2) is 0 Å². The van der Waals surface area contributed by atoms with Gasteiger partial charge in [0.2, 0.25) is 0 Å². The second-order valence-electron chi connectivity index (χ2n) is 7.60. The van der Waals surface area contributed by atoms with Crippen molar-refractivity contribution >= 4 is 16.9 Å². The van der Waals surface area contributed by atoms with Crippen LogP contribution in [0.4, 0.5) is 0 Å². The van der Waals surface area contributed by atoms with Gasteiger partial charge in [-0.2, -0.15) is 0 Å². The van der Waals surface area contributed by atoms with Gasteiger partial charge in [0, 0.05) is 25.8 Å². The largest absolute Gasteiger partial charge is 0.508 e. The Labute approximate surface area is 166 Å². The zero-order valence-corrected chi connectivity index (χ0v) is 16.3. The number of aromatic nitrogens is 3. The molecule has 3 aromatic rings. The molecule has 1 fully saturated rings. The molecule has 2 aromatic heterocycles. The summed E-state index contributed by atoms with van der Waals surface area (Å²) in [5.74, 6) is 0.315. The molecule has 1 aliphatic rings. The van der Waals surface area contributed by atoms with Crippen LogP contribution in [0.3, 0.4) is 0 Å². The van der Waals surface area contributed by atoms with E-state index in [0.717, 1.165) is 18.4 Å². The van der Waals surface area contributed by atoms with Gasteiger partial charge in [-0.15, -0.1) is 0 Å². The highest BCUT2D eigenvalue weighted by molar-refractivity contribution is 6.05. The number of carbonyl (C=O) groups excluding carboxylic acids is 1. The molecule has 4 rings (SSSR count). The summed E-state index contributed by atoms with van der Waals surface area (Å²) in [6.45, 7) is 2.93. The third-order valence-corrected chi connectivity index (χ3v) is 5.46.